The Balaban J connectivity index is 1.49. The Morgan fingerprint density at radius 2 is 1.97 bits per heavy atom. The van der Waals surface area contributed by atoms with Crippen molar-refractivity contribution in [1.82, 2.24) is 4.90 Å². The van der Waals surface area contributed by atoms with Gasteiger partial charge in [0.25, 0.3) is 0 Å². The van der Waals surface area contributed by atoms with Gasteiger partial charge in [0, 0.05) is 12.3 Å². The van der Waals surface area contributed by atoms with Gasteiger partial charge >= 0.3 is 0 Å². The van der Waals surface area contributed by atoms with Crippen LogP contribution in [-0.2, 0) is 25.5 Å². The molecule has 1 aromatic rings. The molecule has 29 heavy (non-hydrogen) atoms. The zero-order chi connectivity index (χ0) is 21.0. The summed E-state index contributed by atoms with van der Waals surface area (Å²) in [5, 5.41) is 0. The van der Waals surface area contributed by atoms with Gasteiger partial charge in [-0.05, 0) is 41.2 Å². The number of Topliss-reactive ketones (excluding diaryl/α,β-unsaturated/α-hetero) is 1. The van der Waals surface area contributed by atoms with E-state index in [-0.39, 0.29) is 40.6 Å². The summed E-state index contributed by atoms with van der Waals surface area (Å²) in [5.41, 5.74) is 2.72. The predicted molar refractivity (Wildman–Crippen MR) is 117 cm³/mol. The van der Waals surface area contributed by atoms with Gasteiger partial charge in [0.15, 0.2) is 5.78 Å². The van der Waals surface area contributed by atoms with E-state index in [9.17, 15) is 9.59 Å². The Kier molecular flexibility index (Phi) is 5.35. The topological polar surface area (TPSA) is 46.6 Å². The number of amides is 1. The first-order chi connectivity index (χ1) is 13.6. The minimum atomic E-state index is -0.380. The number of carbonyl (C=O) groups is 2. The second-order valence-electron chi connectivity index (χ2n) is 10.2. The molecule has 2 saturated heterocycles. The molecule has 3 aliphatic rings. The Morgan fingerprint density at radius 3 is 2.55 bits per heavy atom. The van der Waals surface area contributed by atoms with Gasteiger partial charge in [-0.3, -0.25) is 9.59 Å². The van der Waals surface area contributed by atoms with E-state index in [1.165, 1.54) is 11.1 Å². The van der Waals surface area contributed by atoms with Crippen LogP contribution in [0.15, 0.2) is 24.3 Å². The fourth-order valence-corrected chi connectivity index (χ4v) is 6.53. The monoisotopic (exact) mass is 415 g/mol. The molecule has 3 unspecified atom stereocenters. The van der Waals surface area contributed by atoms with Crippen LogP contribution < -0.4 is 0 Å². The minimum absolute atomic E-state index is 0.0699. The number of carbonyl (C=O) groups excluding carboxylic acids is 2. The van der Waals surface area contributed by atoms with Crippen molar-refractivity contribution in [3.8, 4) is 0 Å². The number of thioether (sulfide) groups is 1. The Labute approximate surface area is 178 Å². The van der Waals surface area contributed by atoms with Crippen LogP contribution in [0.4, 0.5) is 0 Å². The highest BCUT2D eigenvalue weighted by Crippen LogP contribution is 2.60. The van der Waals surface area contributed by atoms with E-state index in [2.05, 4.69) is 58.9 Å². The van der Waals surface area contributed by atoms with E-state index >= 15 is 0 Å². The lowest BCUT2D eigenvalue weighted by molar-refractivity contribution is -0.136. The molecule has 158 valence electrons. The van der Waals surface area contributed by atoms with Crippen LogP contribution in [0.2, 0.25) is 0 Å². The molecule has 1 aromatic carbocycles. The van der Waals surface area contributed by atoms with Gasteiger partial charge in [-0.1, -0.05) is 58.9 Å². The number of likely N-dealkylation sites (tertiary alicyclic amines) is 1. The van der Waals surface area contributed by atoms with E-state index in [0.717, 1.165) is 18.6 Å². The number of fused-ring (bicyclic) bond motifs is 1. The molecule has 2 aliphatic heterocycles. The average molecular weight is 416 g/mol. The third-order valence-corrected chi connectivity index (χ3v) is 8.45. The van der Waals surface area contributed by atoms with Crippen molar-refractivity contribution in [2.24, 2.45) is 11.8 Å². The number of rotatable bonds is 5. The molecule has 4 nitrogen and oxygen atoms in total. The third-order valence-electron chi connectivity index (χ3n) is 6.82. The lowest BCUT2D eigenvalue weighted by Crippen LogP contribution is -2.47. The number of ketones is 1. The maximum Gasteiger partial charge on any atom is 0.239 e. The van der Waals surface area contributed by atoms with Crippen LogP contribution in [0.3, 0.4) is 0 Å². The smallest absolute Gasteiger partial charge is 0.239 e. The lowest BCUT2D eigenvalue weighted by atomic mass is 9.87. The van der Waals surface area contributed by atoms with Gasteiger partial charge in [-0.25, -0.2) is 0 Å². The van der Waals surface area contributed by atoms with Crippen LogP contribution in [-0.4, -0.2) is 46.6 Å². The Hall–Kier alpha value is -1.33. The van der Waals surface area contributed by atoms with Gasteiger partial charge in [-0.15, -0.1) is 11.8 Å². The molecule has 3 fully saturated rings. The largest absolute Gasteiger partial charge is 0.368 e. The summed E-state index contributed by atoms with van der Waals surface area (Å²) in [6.07, 6.45) is 1.61. The summed E-state index contributed by atoms with van der Waals surface area (Å²) in [4.78, 5) is 27.8. The fourth-order valence-electron chi connectivity index (χ4n) is 4.89. The van der Waals surface area contributed by atoms with E-state index in [1.807, 2.05) is 4.90 Å². The van der Waals surface area contributed by atoms with Crippen molar-refractivity contribution in [3.05, 3.63) is 35.4 Å². The van der Waals surface area contributed by atoms with Gasteiger partial charge < -0.3 is 9.64 Å². The summed E-state index contributed by atoms with van der Waals surface area (Å²) in [7, 11) is 0. The summed E-state index contributed by atoms with van der Waals surface area (Å²) < 4.78 is 5.21. The standard InChI is InChI=1S/C24H33NO3S/c1-15(2)18-12-24(18,22(27)25-11-10-20-21(25)19(26)13-28-20)29-14-16-6-8-17(9-7-16)23(3,4)5/h6-9,15,18,20-21H,10-14H2,1-5H3/t18?,20?,21-,24?/m1/s1. The SMILES string of the molecule is CC(C)C1CC1(SCc1ccc(C(C)(C)C)cc1)C(=O)N1CCC2OCC(=O)[C@H]21. The summed E-state index contributed by atoms with van der Waals surface area (Å²) >= 11 is 1.78. The predicted octanol–water partition coefficient (Wildman–Crippen LogP) is 4.20. The molecule has 2 heterocycles. The van der Waals surface area contributed by atoms with E-state index < -0.39 is 0 Å². The highest BCUT2D eigenvalue weighted by molar-refractivity contribution is 8.01. The fraction of sp³-hybridized carbons (Fsp3) is 0.667. The van der Waals surface area contributed by atoms with E-state index in [1.54, 1.807) is 11.8 Å². The van der Waals surface area contributed by atoms with Crippen molar-refractivity contribution in [3.63, 3.8) is 0 Å². The molecular weight excluding hydrogens is 382 g/mol. The average Bonchev–Trinajstić information content (AvgIpc) is 3.09. The third kappa shape index (κ3) is 3.76. The number of benzene rings is 1. The molecule has 0 bridgehead atoms. The van der Waals surface area contributed by atoms with Crippen molar-refractivity contribution in [1.29, 1.82) is 0 Å². The van der Waals surface area contributed by atoms with Gasteiger partial charge in [0.2, 0.25) is 5.91 Å². The zero-order valence-electron chi connectivity index (χ0n) is 18.2. The van der Waals surface area contributed by atoms with Crippen molar-refractivity contribution in [2.75, 3.05) is 13.2 Å². The molecule has 4 atom stereocenters. The van der Waals surface area contributed by atoms with Crippen LogP contribution in [0.5, 0.6) is 0 Å². The molecule has 0 N–H and O–H groups in total. The quantitative estimate of drug-likeness (QED) is 0.723. The molecule has 1 aliphatic carbocycles. The highest BCUT2D eigenvalue weighted by atomic mass is 32.2. The second kappa shape index (κ2) is 7.42. The number of nitrogens with zero attached hydrogens (tertiary/aromatic N) is 1. The molecule has 0 aromatic heterocycles. The zero-order valence-corrected chi connectivity index (χ0v) is 19.1. The van der Waals surface area contributed by atoms with Crippen LogP contribution in [0, 0.1) is 11.8 Å². The first-order valence-electron chi connectivity index (χ1n) is 10.8. The van der Waals surface area contributed by atoms with Gasteiger partial charge in [-0.2, -0.15) is 0 Å². The van der Waals surface area contributed by atoms with Gasteiger partial charge in [0.1, 0.15) is 12.6 Å². The first-order valence-corrected chi connectivity index (χ1v) is 11.8. The normalized spacial score (nSPS) is 31.4. The van der Waals surface area contributed by atoms with Crippen molar-refractivity contribution < 1.29 is 14.3 Å². The molecule has 1 amide bonds. The van der Waals surface area contributed by atoms with E-state index in [4.69, 9.17) is 4.74 Å². The Bertz CT molecular complexity index is 797. The Morgan fingerprint density at radius 1 is 1.28 bits per heavy atom. The summed E-state index contributed by atoms with van der Waals surface area (Å²) in [6.45, 7) is 11.9. The second-order valence-corrected chi connectivity index (χ2v) is 11.5. The number of hydrogen-bond donors (Lipinski definition) is 0. The van der Waals surface area contributed by atoms with Crippen LogP contribution >= 0.6 is 11.8 Å². The number of ether oxygens (including phenoxy) is 1. The van der Waals surface area contributed by atoms with Gasteiger partial charge in [0.05, 0.1) is 10.9 Å². The van der Waals surface area contributed by atoms with Crippen molar-refractivity contribution in [2.45, 2.75) is 75.5 Å². The minimum Gasteiger partial charge on any atom is -0.368 e. The maximum atomic E-state index is 13.6. The molecular formula is C24H33NO3S. The highest BCUT2D eigenvalue weighted by Gasteiger charge is 2.64. The molecule has 1 saturated carbocycles. The number of hydrogen-bond acceptors (Lipinski definition) is 4. The summed E-state index contributed by atoms with van der Waals surface area (Å²) in [5.74, 6) is 1.90. The summed E-state index contributed by atoms with van der Waals surface area (Å²) in [6, 6.07) is 8.45. The molecule has 0 spiro atoms. The van der Waals surface area contributed by atoms with Crippen LogP contribution in [0.1, 0.15) is 58.6 Å². The van der Waals surface area contributed by atoms with Crippen LogP contribution in [0.25, 0.3) is 0 Å². The van der Waals surface area contributed by atoms with Crippen molar-refractivity contribution >= 4 is 23.5 Å². The first kappa shape index (κ1) is 20.9. The lowest BCUT2D eigenvalue weighted by Gasteiger charge is -2.28. The molecule has 0 radical (unpaired) electrons. The van der Waals surface area contributed by atoms with E-state index in [0.29, 0.717) is 18.4 Å². The maximum absolute atomic E-state index is 13.6. The molecule has 5 heteroatoms. The molecule has 4 rings (SSSR count).